The van der Waals surface area contributed by atoms with E-state index in [1.54, 1.807) is 0 Å². The quantitative estimate of drug-likeness (QED) is 0.109. The van der Waals surface area contributed by atoms with Crippen molar-refractivity contribution in [2.45, 2.75) is 97.6 Å². The van der Waals surface area contributed by atoms with Crippen molar-refractivity contribution < 1.29 is 18.8 Å². The van der Waals surface area contributed by atoms with Gasteiger partial charge in [-0.05, 0) is 37.0 Å². The van der Waals surface area contributed by atoms with Gasteiger partial charge in [-0.1, -0.05) is 102 Å². The van der Waals surface area contributed by atoms with Crippen LogP contribution >= 0.6 is 0 Å². The fourth-order valence-electron chi connectivity index (χ4n) is 4.58. The van der Waals surface area contributed by atoms with Gasteiger partial charge in [0.15, 0.2) is 0 Å². The third-order valence-electron chi connectivity index (χ3n) is 7.19. The average molecular weight is 511 g/mol. The molecule has 0 aliphatic carbocycles. The van der Waals surface area contributed by atoms with Gasteiger partial charge in [-0.3, -0.25) is 4.79 Å². The highest BCUT2D eigenvalue weighted by molar-refractivity contribution is 5.71. The number of ether oxygens (including phenoxy) is 2. The second-order valence-corrected chi connectivity index (χ2v) is 11.3. The lowest BCUT2D eigenvalue weighted by molar-refractivity contribution is -0.904. The molecule has 4 nitrogen and oxygen atoms in total. The number of rotatable bonds is 19. The van der Waals surface area contributed by atoms with E-state index in [1.807, 2.05) is 13.0 Å². The summed E-state index contributed by atoms with van der Waals surface area (Å²) in [6.45, 7) is 8.47. The number of carbonyl (C=O) groups excluding carboxylic acids is 1. The van der Waals surface area contributed by atoms with Gasteiger partial charge in [0.05, 0.1) is 26.6 Å². The second kappa shape index (κ2) is 17.2. The van der Waals surface area contributed by atoms with E-state index < -0.39 is 0 Å². The molecule has 0 saturated carbocycles. The van der Waals surface area contributed by atoms with Crippen molar-refractivity contribution >= 4 is 5.97 Å². The molecule has 2 aromatic rings. The van der Waals surface area contributed by atoms with E-state index >= 15 is 0 Å². The Hall–Kier alpha value is -2.33. The fraction of sp³-hybridized carbons (Fsp3) is 0.606. The number of aryl methyl sites for hydroxylation is 1. The molecule has 2 atom stereocenters. The largest absolute Gasteiger partial charge is 0.487 e. The van der Waals surface area contributed by atoms with Crippen molar-refractivity contribution in [2.75, 3.05) is 27.2 Å². The number of nitrogens with zero attached hydrogens (tertiary/aromatic N) is 1. The van der Waals surface area contributed by atoms with Gasteiger partial charge < -0.3 is 14.0 Å². The summed E-state index contributed by atoms with van der Waals surface area (Å²) in [4.78, 5) is 12.6. The summed E-state index contributed by atoms with van der Waals surface area (Å²) in [5.41, 5.74) is 2.68. The van der Waals surface area contributed by atoms with Crippen LogP contribution < -0.4 is 4.74 Å². The van der Waals surface area contributed by atoms with E-state index in [0.29, 0.717) is 6.61 Å². The molecule has 0 fully saturated rings. The van der Waals surface area contributed by atoms with E-state index in [1.165, 1.54) is 56.1 Å². The van der Waals surface area contributed by atoms with Crippen LogP contribution in [0.2, 0.25) is 0 Å². The molecule has 2 rings (SSSR count). The van der Waals surface area contributed by atoms with Crippen molar-refractivity contribution in [2.24, 2.45) is 5.92 Å². The van der Waals surface area contributed by atoms with Crippen LogP contribution in [0.25, 0.3) is 0 Å². The Morgan fingerprint density at radius 2 is 1.49 bits per heavy atom. The van der Waals surface area contributed by atoms with Crippen molar-refractivity contribution in [1.29, 1.82) is 0 Å². The molecule has 2 unspecified atom stereocenters. The zero-order valence-corrected chi connectivity index (χ0v) is 24.2. The number of hydrogen-bond acceptors (Lipinski definition) is 3. The molecule has 37 heavy (non-hydrogen) atoms. The van der Waals surface area contributed by atoms with E-state index in [-0.39, 0.29) is 18.0 Å². The second-order valence-electron chi connectivity index (χ2n) is 11.3. The highest BCUT2D eigenvalue weighted by Crippen LogP contribution is 2.18. The lowest BCUT2D eigenvalue weighted by atomic mass is 10.0. The van der Waals surface area contributed by atoms with E-state index in [9.17, 15) is 4.79 Å². The molecule has 0 aromatic heterocycles. The minimum absolute atomic E-state index is 0.128. The topological polar surface area (TPSA) is 35.5 Å². The molecular formula is C33H52NO3+. The van der Waals surface area contributed by atoms with Crippen LogP contribution in [0.4, 0.5) is 0 Å². The molecule has 0 N–H and O–H groups in total. The smallest absolute Gasteiger partial charge is 0.309 e. The van der Waals surface area contributed by atoms with Gasteiger partial charge >= 0.3 is 5.97 Å². The van der Waals surface area contributed by atoms with Crippen LogP contribution in [0.1, 0.15) is 89.7 Å². The van der Waals surface area contributed by atoms with Gasteiger partial charge in [-0.15, -0.1) is 0 Å². The Morgan fingerprint density at radius 1 is 0.838 bits per heavy atom. The number of quaternary nitrogens is 1. The lowest BCUT2D eigenvalue weighted by Gasteiger charge is -2.30. The van der Waals surface area contributed by atoms with Crippen molar-refractivity contribution in [1.82, 2.24) is 0 Å². The number of carbonyl (C=O) groups is 1. The molecule has 2 aromatic carbocycles. The molecule has 4 heteroatoms. The highest BCUT2D eigenvalue weighted by Gasteiger charge is 2.22. The first-order chi connectivity index (χ1) is 17.8. The molecule has 0 radical (unpaired) electrons. The summed E-state index contributed by atoms with van der Waals surface area (Å²) < 4.78 is 12.6. The maximum atomic E-state index is 12.6. The normalized spacial score (nSPS) is 13.2. The monoisotopic (exact) mass is 510 g/mol. The maximum Gasteiger partial charge on any atom is 0.309 e. The van der Waals surface area contributed by atoms with Crippen molar-refractivity contribution in [3.8, 4) is 5.75 Å². The minimum Gasteiger partial charge on any atom is -0.487 e. The number of hydrogen-bond donors (Lipinski definition) is 0. The highest BCUT2D eigenvalue weighted by atomic mass is 16.6. The summed E-state index contributed by atoms with van der Waals surface area (Å²) in [6, 6.07) is 19.0. The number of esters is 1. The Kier molecular flexibility index (Phi) is 14.4. The van der Waals surface area contributed by atoms with Crippen LogP contribution in [0, 0.1) is 5.92 Å². The third-order valence-corrected chi connectivity index (χ3v) is 7.19. The summed E-state index contributed by atoms with van der Waals surface area (Å²) in [5.74, 6) is 0.586. The predicted octanol–water partition coefficient (Wildman–Crippen LogP) is 7.98. The van der Waals surface area contributed by atoms with Gasteiger partial charge in [-0.25, -0.2) is 0 Å². The molecular weight excluding hydrogens is 458 g/mol. The van der Waals surface area contributed by atoms with Crippen LogP contribution in [0.5, 0.6) is 5.75 Å². The summed E-state index contributed by atoms with van der Waals surface area (Å²) >= 11 is 0. The Morgan fingerprint density at radius 3 is 2.14 bits per heavy atom. The van der Waals surface area contributed by atoms with Crippen LogP contribution in [0.3, 0.4) is 0 Å². The SMILES string of the molecule is CCCCCCCCCc1ccc(OC(CC)COC(=O)C(C)CC[N+](C)(C)Cc2ccccc2)cc1. The maximum absolute atomic E-state index is 12.6. The van der Waals surface area contributed by atoms with Crippen molar-refractivity contribution in [3.63, 3.8) is 0 Å². The standard InChI is InChI=1S/C33H52NO3/c1-6-8-9-10-11-12-14-17-29-20-22-32(23-21-29)37-31(7-2)27-36-33(35)28(3)24-25-34(4,5)26-30-18-15-13-16-19-30/h13,15-16,18-23,28,31H,6-12,14,17,24-27H2,1-5H3/q+1. The van der Waals surface area contributed by atoms with Gasteiger partial charge in [0, 0.05) is 12.0 Å². The number of unbranched alkanes of at least 4 members (excludes halogenated alkanes) is 6. The first-order valence-electron chi connectivity index (χ1n) is 14.6. The molecule has 0 spiro atoms. The Bertz CT molecular complexity index is 863. The molecule has 0 aliphatic rings. The van der Waals surface area contributed by atoms with E-state index in [4.69, 9.17) is 9.47 Å². The fourth-order valence-corrected chi connectivity index (χ4v) is 4.58. The van der Waals surface area contributed by atoms with Gasteiger partial charge in [0.1, 0.15) is 25.0 Å². The van der Waals surface area contributed by atoms with Crippen LogP contribution in [-0.4, -0.2) is 43.8 Å². The molecule has 0 bridgehead atoms. The van der Waals surface area contributed by atoms with Crippen LogP contribution in [0.15, 0.2) is 54.6 Å². The first-order valence-corrected chi connectivity index (χ1v) is 14.6. The van der Waals surface area contributed by atoms with Gasteiger partial charge in [0.25, 0.3) is 0 Å². The summed E-state index contributed by atoms with van der Waals surface area (Å²) in [7, 11) is 4.43. The molecule has 0 aliphatic heterocycles. The van der Waals surface area contributed by atoms with Gasteiger partial charge in [-0.2, -0.15) is 0 Å². The summed E-state index contributed by atoms with van der Waals surface area (Å²) in [6.07, 6.45) is 11.9. The average Bonchev–Trinajstić information content (AvgIpc) is 2.90. The summed E-state index contributed by atoms with van der Waals surface area (Å²) in [5, 5.41) is 0. The van der Waals surface area contributed by atoms with Crippen molar-refractivity contribution in [3.05, 3.63) is 65.7 Å². The van der Waals surface area contributed by atoms with Crippen LogP contribution in [-0.2, 0) is 22.5 Å². The van der Waals surface area contributed by atoms with E-state index in [0.717, 1.165) is 42.6 Å². The third kappa shape index (κ3) is 13.2. The minimum atomic E-state index is -0.133. The Labute approximate surface area is 227 Å². The Balaban J connectivity index is 1.68. The molecule has 0 amide bonds. The lowest BCUT2D eigenvalue weighted by Crippen LogP contribution is -2.40. The van der Waals surface area contributed by atoms with E-state index in [2.05, 4.69) is 76.5 Å². The number of benzene rings is 2. The zero-order chi connectivity index (χ0) is 26.9. The predicted molar refractivity (Wildman–Crippen MR) is 155 cm³/mol. The molecule has 0 heterocycles. The van der Waals surface area contributed by atoms with Gasteiger partial charge in [0.2, 0.25) is 0 Å². The zero-order valence-electron chi connectivity index (χ0n) is 24.2. The molecule has 0 saturated heterocycles. The molecule has 206 valence electrons. The first kappa shape index (κ1) is 30.9.